The molecule has 0 unspecified atom stereocenters. The number of phenols is 1. The molecule has 7 heteroatoms. The second-order valence-corrected chi connectivity index (χ2v) is 3.49. The number of hydrogen-bond acceptors (Lipinski definition) is 3. The van der Waals surface area contributed by atoms with Gasteiger partial charge in [0.25, 0.3) is 0 Å². The summed E-state index contributed by atoms with van der Waals surface area (Å²) in [6.45, 7) is 0.967. The van der Waals surface area contributed by atoms with Crippen molar-refractivity contribution in [3.8, 4) is 5.75 Å². The van der Waals surface area contributed by atoms with Gasteiger partial charge < -0.3 is 10.8 Å². The molecule has 0 bridgehead atoms. The van der Waals surface area contributed by atoms with Crippen LogP contribution < -0.4 is 5.73 Å². The molecule has 16 heavy (non-hydrogen) atoms. The number of aliphatic imine (C=N–C) groups is 1. The SMILES string of the molecule is NCCN=Cc1cc(Cl)cc(Cl)c1O.[Cl][Cu]. The van der Waals surface area contributed by atoms with Crippen LogP contribution in [0.2, 0.25) is 10.0 Å². The topological polar surface area (TPSA) is 58.6 Å². The van der Waals surface area contributed by atoms with Crippen molar-refractivity contribution < 1.29 is 20.2 Å². The third kappa shape index (κ3) is 5.39. The second-order valence-electron chi connectivity index (χ2n) is 2.65. The summed E-state index contributed by atoms with van der Waals surface area (Å²) < 4.78 is 0. The molecule has 0 saturated carbocycles. The number of halogens is 3. The first kappa shape index (κ1) is 16.0. The fraction of sp³-hybridized carbons (Fsp3) is 0.222. The van der Waals surface area contributed by atoms with Crippen LogP contribution in [0.25, 0.3) is 0 Å². The van der Waals surface area contributed by atoms with Crippen molar-refractivity contribution in [2.45, 2.75) is 0 Å². The third-order valence-corrected chi connectivity index (χ3v) is 2.05. The van der Waals surface area contributed by atoms with Crippen molar-refractivity contribution in [2.24, 2.45) is 10.7 Å². The van der Waals surface area contributed by atoms with Crippen LogP contribution in [-0.2, 0) is 15.1 Å². The number of nitrogens with zero attached hydrogens (tertiary/aromatic N) is 1. The van der Waals surface area contributed by atoms with E-state index in [4.69, 9.17) is 28.9 Å². The first-order valence-electron chi connectivity index (χ1n) is 4.14. The van der Waals surface area contributed by atoms with Crippen LogP contribution in [0.4, 0.5) is 0 Å². The number of rotatable bonds is 3. The molecule has 94 valence electrons. The number of hydrogen-bond donors (Lipinski definition) is 2. The van der Waals surface area contributed by atoms with Gasteiger partial charge in [0, 0.05) is 23.3 Å². The Balaban J connectivity index is 0.00000106. The molecule has 1 aromatic carbocycles. The zero-order valence-electron chi connectivity index (χ0n) is 8.05. The Hall–Kier alpha value is 0.0395. The van der Waals surface area contributed by atoms with Crippen molar-refractivity contribution in [1.82, 2.24) is 0 Å². The van der Waals surface area contributed by atoms with Gasteiger partial charge in [0.05, 0.1) is 11.6 Å². The first-order chi connectivity index (χ1) is 7.65. The monoisotopic (exact) mass is 330 g/mol. The third-order valence-electron chi connectivity index (χ3n) is 1.55. The van der Waals surface area contributed by atoms with Gasteiger partial charge in [-0.25, -0.2) is 0 Å². The normalized spacial score (nSPS) is 10.1. The van der Waals surface area contributed by atoms with Crippen LogP contribution in [0.5, 0.6) is 5.75 Å². The van der Waals surface area contributed by atoms with E-state index >= 15 is 0 Å². The predicted octanol–water partition coefficient (Wildman–Crippen LogP) is 2.76. The average Bonchev–Trinajstić information content (AvgIpc) is 2.28. The minimum atomic E-state index is -0.0168. The van der Waals surface area contributed by atoms with Gasteiger partial charge in [-0.3, -0.25) is 4.99 Å². The fourth-order valence-electron chi connectivity index (χ4n) is 0.922. The minimum absolute atomic E-state index is 0.0168. The molecule has 0 heterocycles. The quantitative estimate of drug-likeness (QED) is 0.661. The van der Waals surface area contributed by atoms with Gasteiger partial charge >= 0.3 is 25.2 Å². The summed E-state index contributed by atoms with van der Waals surface area (Å²) in [6.07, 6.45) is 1.50. The van der Waals surface area contributed by atoms with Crippen LogP contribution in [0.1, 0.15) is 5.56 Å². The Labute approximate surface area is 117 Å². The number of phenolic OH excluding ortho intramolecular Hbond substituents is 1. The summed E-state index contributed by atoms with van der Waals surface area (Å²) in [6, 6.07) is 3.06. The van der Waals surface area contributed by atoms with Crippen molar-refractivity contribution in [3.05, 3.63) is 27.7 Å². The average molecular weight is 332 g/mol. The van der Waals surface area contributed by atoms with E-state index in [1.54, 1.807) is 6.07 Å². The van der Waals surface area contributed by atoms with Crippen LogP contribution in [-0.4, -0.2) is 24.4 Å². The summed E-state index contributed by atoms with van der Waals surface area (Å²) in [5, 5.41) is 10.2. The summed E-state index contributed by atoms with van der Waals surface area (Å²) in [5.41, 5.74) is 5.76. The van der Waals surface area contributed by atoms with Gasteiger partial charge in [0.15, 0.2) is 0 Å². The number of aromatic hydroxyl groups is 1. The van der Waals surface area contributed by atoms with Crippen LogP contribution in [0.3, 0.4) is 0 Å². The van der Waals surface area contributed by atoms with Gasteiger partial charge in [-0.1, -0.05) is 23.2 Å². The van der Waals surface area contributed by atoms with Gasteiger partial charge in [0.2, 0.25) is 0 Å². The molecule has 0 aliphatic rings. The Kier molecular flexibility index (Phi) is 9.13. The zero-order chi connectivity index (χ0) is 12.6. The number of nitrogens with two attached hydrogens (primary N) is 1. The van der Waals surface area contributed by atoms with Gasteiger partial charge in [-0.2, -0.15) is 0 Å². The van der Waals surface area contributed by atoms with E-state index in [2.05, 4.69) is 30.2 Å². The molecule has 0 saturated heterocycles. The standard InChI is InChI=1S/C9H10Cl2N2O.ClH.Cu/c10-7-3-6(5-13-2-1-12)9(14)8(11)4-7;;/h3-5,14H,1-2,12H2;1H;/q;;+1/p-1. The molecule has 0 amide bonds. The Morgan fingerprint density at radius 3 is 2.56 bits per heavy atom. The van der Waals surface area contributed by atoms with E-state index in [9.17, 15) is 5.11 Å². The van der Waals surface area contributed by atoms with E-state index in [-0.39, 0.29) is 10.8 Å². The molecular formula is C9H10Cl3CuN2O. The maximum absolute atomic E-state index is 9.51. The summed E-state index contributed by atoms with van der Waals surface area (Å²) in [4.78, 5) is 3.98. The molecule has 1 rings (SSSR count). The summed E-state index contributed by atoms with van der Waals surface area (Å²) >= 11 is 15.1. The maximum atomic E-state index is 9.51. The van der Waals surface area contributed by atoms with E-state index < -0.39 is 0 Å². The van der Waals surface area contributed by atoms with Crippen LogP contribution >= 0.6 is 33.3 Å². The zero-order valence-corrected chi connectivity index (χ0v) is 11.3. The van der Waals surface area contributed by atoms with Crippen LogP contribution in [0.15, 0.2) is 17.1 Å². The molecule has 0 spiro atoms. The first-order valence-corrected chi connectivity index (χ1v) is 6.19. The molecule has 0 aromatic heterocycles. The summed E-state index contributed by atoms with van der Waals surface area (Å²) in [7, 11) is 4.20. The van der Waals surface area contributed by atoms with Gasteiger partial charge in [0.1, 0.15) is 5.75 Å². The molecule has 0 aliphatic heterocycles. The number of benzene rings is 1. The van der Waals surface area contributed by atoms with Crippen molar-refractivity contribution >= 4 is 39.5 Å². The Morgan fingerprint density at radius 1 is 1.38 bits per heavy atom. The van der Waals surface area contributed by atoms with Gasteiger partial charge in [-0.05, 0) is 12.1 Å². The Bertz CT molecular complexity index is 361. The summed E-state index contributed by atoms with van der Waals surface area (Å²) in [5.74, 6) is -0.0168. The molecule has 0 radical (unpaired) electrons. The predicted molar refractivity (Wildman–Crippen MR) is 65.5 cm³/mol. The van der Waals surface area contributed by atoms with Crippen molar-refractivity contribution in [1.29, 1.82) is 0 Å². The molecule has 3 N–H and O–H groups in total. The Morgan fingerprint density at radius 2 is 2.00 bits per heavy atom. The molecule has 0 aliphatic carbocycles. The van der Waals surface area contributed by atoms with E-state index in [1.165, 1.54) is 12.3 Å². The van der Waals surface area contributed by atoms with E-state index in [1.807, 2.05) is 0 Å². The second kappa shape index (κ2) is 9.11. The molecule has 1 aromatic rings. The van der Waals surface area contributed by atoms with Crippen molar-refractivity contribution in [3.63, 3.8) is 0 Å². The molecular weight excluding hydrogens is 322 g/mol. The fourth-order valence-corrected chi connectivity index (χ4v) is 1.43. The van der Waals surface area contributed by atoms with Crippen molar-refractivity contribution in [2.75, 3.05) is 13.1 Å². The molecule has 3 nitrogen and oxygen atoms in total. The molecule has 0 fully saturated rings. The van der Waals surface area contributed by atoms with E-state index in [0.717, 1.165) is 0 Å². The van der Waals surface area contributed by atoms with E-state index in [0.29, 0.717) is 23.7 Å². The molecule has 0 atom stereocenters. The van der Waals surface area contributed by atoms with Gasteiger partial charge in [-0.15, -0.1) is 0 Å². The van der Waals surface area contributed by atoms with Crippen LogP contribution in [0, 0.1) is 0 Å².